The minimum Gasteiger partial charge on any atom is -0.461 e. The number of benzene rings is 1. The Kier molecular flexibility index (Phi) is 4.53. The Hall–Kier alpha value is -1.92. The number of fused-ring (bicyclic) bond motifs is 2. The normalized spacial score (nSPS) is 40.7. The summed E-state index contributed by atoms with van der Waals surface area (Å²) in [5.74, 6) is -0.213. The Bertz CT molecular complexity index is 794. The summed E-state index contributed by atoms with van der Waals surface area (Å²) in [5, 5.41) is 0. The maximum atomic E-state index is 12.5. The fourth-order valence-electron chi connectivity index (χ4n) is 5.80. The molecule has 162 valence electrons. The molecule has 30 heavy (non-hydrogen) atoms. The summed E-state index contributed by atoms with van der Waals surface area (Å²) in [5.41, 5.74) is -1.19. The summed E-state index contributed by atoms with van der Waals surface area (Å²) < 4.78 is 24.5. The van der Waals surface area contributed by atoms with Gasteiger partial charge in [0.1, 0.15) is 24.7 Å². The van der Waals surface area contributed by atoms with Crippen molar-refractivity contribution in [3.8, 4) is 11.5 Å². The quantitative estimate of drug-likeness (QED) is 0.736. The smallest absolute Gasteiger partial charge is 0.223 e. The third-order valence-corrected chi connectivity index (χ3v) is 8.04. The molecule has 0 aromatic heterocycles. The van der Waals surface area contributed by atoms with Gasteiger partial charge in [-0.1, -0.05) is 12.8 Å². The molecular weight excluding hydrogens is 384 g/mol. The van der Waals surface area contributed by atoms with Gasteiger partial charge in [0.2, 0.25) is 11.6 Å². The Morgan fingerprint density at radius 2 is 1.03 bits per heavy atom. The molecule has 4 atom stereocenters. The molecule has 0 unspecified atom stereocenters. The van der Waals surface area contributed by atoms with E-state index in [0.717, 1.165) is 38.5 Å². The molecular formula is C24H30O6. The Balaban J connectivity index is 1.35. The van der Waals surface area contributed by atoms with Crippen LogP contribution in [0.15, 0.2) is 24.3 Å². The number of hydrogen-bond acceptors (Lipinski definition) is 6. The molecule has 0 bridgehead atoms. The van der Waals surface area contributed by atoms with Crippen molar-refractivity contribution in [3.63, 3.8) is 0 Å². The minimum atomic E-state index is -0.883. The summed E-state index contributed by atoms with van der Waals surface area (Å²) in [4.78, 5) is 25.0. The topological polar surface area (TPSA) is 71.1 Å². The Morgan fingerprint density at radius 1 is 0.667 bits per heavy atom. The van der Waals surface area contributed by atoms with Crippen molar-refractivity contribution in [2.75, 3.05) is 13.2 Å². The lowest BCUT2D eigenvalue weighted by Crippen LogP contribution is -2.53. The van der Waals surface area contributed by atoms with Crippen molar-refractivity contribution in [2.45, 2.75) is 76.8 Å². The first kappa shape index (κ1) is 20.0. The van der Waals surface area contributed by atoms with E-state index in [0.29, 0.717) is 24.3 Å². The molecule has 0 N–H and O–H groups in total. The predicted molar refractivity (Wildman–Crippen MR) is 108 cm³/mol. The highest BCUT2D eigenvalue weighted by molar-refractivity contribution is 5.89. The number of rotatable bonds is 4. The second-order valence-corrected chi connectivity index (χ2v) is 9.68. The average molecular weight is 414 g/mol. The van der Waals surface area contributed by atoms with Gasteiger partial charge in [0.25, 0.3) is 0 Å². The lowest BCUT2D eigenvalue weighted by atomic mass is 9.69. The molecule has 0 amide bonds. The highest BCUT2D eigenvalue weighted by Gasteiger charge is 2.63. The standard InChI is InChI=1S/C24H30O6/c1-21-11-3-5-13-23(21,27-15-19(21)25)29-17-7-9-18(10-8-17)30-24-14-6-4-12-22(24,2)20(26)16-28-24/h7-10H,3-6,11-16H2,1-2H3/t21-,22-,23+,24+/m1/s1. The van der Waals surface area contributed by atoms with Crippen LogP contribution >= 0.6 is 0 Å². The summed E-state index contributed by atoms with van der Waals surface area (Å²) in [6, 6.07) is 7.38. The SMILES string of the molecule is C[C@]12CCCC[C@@]1(Oc1ccc(O[C@@]34CCCC[C@]3(C)C(=O)CO4)cc1)OCC2=O. The van der Waals surface area contributed by atoms with E-state index in [1.165, 1.54) is 0 Å². The molecule has 2 saturated heterocycles. The van der Waals surface area contributed by atoms with E-state index in [-0.39, 0.29) is 24.8 Å². The van der Waals surface area contributed by atoms with Gasteiger partial charge in [-0.05, 0) is 63.8 Å². The second-order valence-electron chi connectivity index (χ2n) is 9.68. The summed E-state index contributed by atoms with van der Waals surface area (Å²) in [7, 11) is 0. The van der Waals surface area contributed by atoms with Crippen LogP contribution in [-0.4, -0.2) is 36.4 Å². The first-order valence-electron chi connectivity index (χ1n) is 11.2. The third-order valence-electron chi connectivity index (χ3n) is 8.04. The molecule has 2 aliphatic carbocycles. The fourth-order valence-corrected chi connectivity index (χ4v) is 5.80. The van der Waals surface area contributed by atoms with Gasteiger partial charge in [0.05, 0.1) is 10.8 Å². The Morgan fingerprint density at radius 3 is 1.43 bits per heavy atom. The van der Waals surface area contributed by atoms with Crippen LogP contribution in [0.4, 0.5) is 0 Å². The monoisotopic (exact) mass is 414 g/mol. The van der Waals surface area contributed by atoms with Gasteiger partial charge in [0.15, 0.2) is 11.6 Å². The van der Waals surface area contributed by atoms with E-state index in [9.17, 15) is 9.59 Å². The highest BCUT2D eigenvalue weighted by Crippen LogP contribution is 2.53. The van der Waals surface area contributed by atoms with Gasteiger partial charge >= 0.3 is 0 Å². The van der Waals surface area contributed by atoms with Gasteiger partial charge in [-0.2, -0.15) is 0 Å². The average Bonchev–Trinajstić information content (AvgIpc) is 3.15. The molecule has 4 fully saturated rings. The molecule has 2 saturated carbocycles. The van der Waals surface area contributed by atoms with Crippen LogP contribution in [0.3, 0.4) is 0 Å². The van der Waals surface area contributed by atoms with Crippen molar-refractivity contribution < 1.29 is 28.5 Å². The van der Waals surface area contributed by atoms with E-state index in [4.69, 9.17) is 18.9 Å². The molecule has 0 radical (unpaired) electrons. The van der Waals surface area contributed by atoms with Gasteiger partial charge in [-0.15, -0.1) is 0 Å². The summed E-state index contributed by atoms with van der Waals surface area (Å²) >= 11 is 0. The molecule has 6 nitrogen and oxygen atoms in total. The predicted octanol–water partition coefficient (Wildman–Crippen LogP) is 4.20. The molecule has 6 heteroatoms. The lowest BCUT2D eigenvalue weighted by molar-refractivity contribution is -0.220. The zero-order chi connectivity index (χ0) is 21.0. The van der Waals surface area contributed by atoms with Crippen LogP contribution < -0.4 is 9.47 Å². The van der Waals surface area contributed by atoms with Crippen LogP contribution in [-0.2, 0) is 19.1 Å². The minimum absolute atomic E-state index is 0.115. The maximum absolute atomic E-state index is 12.5. The highest BCUT2D eigenvalue weighted by atomic mass is 16.7. The summed E-state index contributed by atoms with van der Waals surface area (Å²) in [6.07, 6.45) is 7.01. The van der Waals surface area contributed by atoms with Crippen molar-refractivity contribution in [1.82, 2.24) is 0 Å². The van der Waals surface area contributed by atoms with E-state index >= 15 is 0 Å². The summed E-state index contributed by atoms with van der Waals surface area (Å²) in [6.45, 7) is 4.17. The van der Waals surface area contributed by atoms with E-state index in [1.54, 1.807) is 0 Å². The van der Waals surface area contributed by atoms with Crippen molar-refractivity contribution in [2.24, 2.45) is 10.8 Å². The molecule has 1 aromatic carbocycles. The van der Waals surface area contributed by atoms with Gasteiger partial charge in [-0.25, -0.2) is 0 Å². The number of carbonyl (C=O) groups is 2. The maximum Gasteiger partial charge on any atom is 0.223 e. The number of Topliss-reactive ketones (excluding diaryl/α,β-unsaturated/α-hetero) is 2. The number of hydrogen-bond donors (Lipinski definition) is 0. The van der Waals surface area contributed by atoms with Gasteiger partial charge < -0.3 is 18.9 Å². The van der Waals surface area contributed by atoms with Crippen LogP contribution in [0.2, 0.25) is 0 Å². The van der Waals surface area contributed by atoms with Crippen molar-refractivity contribution in [1.29, 1.82) is 0 Å². The Labute approximate surface area is 177 Å². The lowest BCUT2D eigenvalue weighted by Gasteiger charge is -2.44. The molecule has 2 heterocycles. The van der Waals surface area contributed by atoms with Crippen LogP contribution in [0, 0.1) is 10.8 Å². The molecule has 5 rings (SSSR count). The first-order chi connectivity index (χ1) is 14.3. The van der Waals surface area contributed by atoms with Crippen LogP contribution in [0.1, 0.15) is 65.2 Å². The zero-order valence-electron chi connectivity index (χ0n) is 17.8. The van der Waals surface area contributed by atoms with Crippen LogP contribution in [0.5, 0.6) is 11.5 Å². The number of ketones is 2. The number of carbonyl (C=O) groups excluding carboxylic acids is 2. The first-order valence-corrected chi connectivity index (χ1v) is 11.2. The van der Waals surface area contributed by atoms with Gasteiger partial charge in [0, 0.05) is 12.8 Å². The fraction of sp³-hybridized carbons (Fsp3) is 0.667. The van der Waals surface area contributed by atoms with E-state index < -0.39 is 22.4 Å². The van der Waals surface area contributed by atoms with E-state index in [1.807, 2.05) is 38.1 Å². The van der Waals surface area contributed by atoms with Gasteiger partial charge in [-0.3, -0.25) is 9.59 Å². The second kappa shape index (κ2) is 6.79. The third kappa shape index (κ3) is 2.69. The molecule has 4 aliphatic rings. The molecule has 2 aliphatic heterocycles. The molecule has 0 spiro atoms. The van der Waals surface area contributed by atoms with Crippen molar-refractivity contribution >= 4 is 11.6 Å². The largest absolute Gasteiger partial charge is 0.461 e. The van der Waals surface area contributed by atoms with E-state index in [2.05, 4.69) is 0 Å². The molecule has 1 aromatic rings. The zero-order valence-corrected chi connectivity index (χ0v) is 17.8. The van der Waals surface area contributed by atoms with Crippen molar-refractivity contribution in [3.05, 3.63) is 24.3 Å². The van der Waals surface area contributed by atoms with Crippen LogP contribution in [0.25, 0.3) is 0 Å². The number of ether oxygens (including phenoxy) is 4.